The summed E-state index contributed by atoms with van der Waals surface area (Å²) in [5.41, 5.74) is 9.09. The maximum absolute atomic E-state index is 13.5. The van der Waals surface area contributed by atoms with Gasteiger partial charge < -0.3 is 15.6 Å². The van der Waals surface area contributed by atoms with E-state index in [0.29, 0.717) is 29.9 Å². The first kappa shape index (κ1) is 24.5. The Balaban J connectivity index is 1.93. The molecule has 0 aliphatic heterocycles. The van der Waals surface area contributed by atoms with Gasteiger partial charge in [-0.2, -0.15) is 0 Å². The normalized spacial score (nSPS) is 12.0. The summed E-state index contributed by atoms with van der Waals surface area (Å²) in [5.74, 6) is 0.536. The second kappa shape index (κ2) is 11.1. The first-order chi connectivity index (χ1) is 15.7. The van der Waals surface area contributed by atoms with Crippen LogP contribution in [0.25, 0.3) is 0 Å². The predicted molar refractivity (Wildman–Crippen MR) is 132 cm³/mol. The van der Waals surface area contributed by atoms with Crippen LogP contribution in [-0.4, -0.2) is 26.6 Å². The summed E-state index contributed by atoms with van der Waals surface area (Å²) in [6.45, 7) is 8.87. The Morgan fingerprint density at radius 2 is 1.82 bits per heavy atom. The summed E-state index contributed by atoms with van der Waals surface area (Å²) in [7, 11) is 0. The van der Waals surface area contributed by atoms with Crippen molar-refractivity contribution in [2.75, 3.05) is 5.32 Å². The van der Waals surface area contributed by atoms with Gasteiger partial charge in [0.05, 0.1) is 0 Å². The molecule has 7 nitrogen and oxygen atoms in total. The van der Waals surface area contributed by atoms with E-state index >= 15 is 0 Å². The molecule has 33 heavy (non-hydrogen) atoms. The number of anilines is 1. The summed E-state index contributed by atoms with van der Waals surface area (Å²) in [4.78, 5) is 24.8. The summed E-state index contributed by atoms with van der Waals surface area (Å²) >= 11 is 1.36. The first-order valence-electron chi connectivity index (χ1n) is 11.0. The van der Waals surface area contributed by atoms with Crippen molar-refractivity contribution in [2.45, 2.75) is 57.5 Å². The average Bonchev–Trinajstić information content (AvgIpc) is 3.14. The molecule has 3 N–H and O–H groups in total. The molecule has 1 atom stereocenters. The van der Waals surface area contributed by atoms with Crippen LogP contribution < -0.4 is 11.1 Å². The highest BCUT2D eigenvalue weighted by Gasteiger charge is 2.26. The predicted octanol–water partition coefficient (Wildman–Crippen LogP) is 4.44. The van der Waals surface area contributed by atoms with Crippen LogP contribution in [0.1, 0.15) is 48.0 Å². The molecule has 3 aromatic rings. The van der Waals surface area contributed by atoms with Crippen molar-refractivity contribution in [3.8, 4) is 0 Å². The van der Waals surface area contributed by atoms with E-state index in [0.717, 1.165) is 22.4 Å². The van der Waals surface area contributed by atoms with Gasteiger partial charge in [-0.25, -0.2) is 0 Å². The molecule has 0 saturated carbocycles. The lowest BCUT2D eigenvalue weighted by atomic mass is 10.1. The minimum Gasteiger partial charge on any atom is -0.370 e. The third kappa shape index (κ3) is 6.68. The molecule has 174 valence electrons. The SMILES string of the molecule is Cc1ccc(C)c(NC(=O)[C@H](Sc2nnc(CCC(N)=O)n2CC(C)C)c2ccccc2)c1. The summed E-state index contributed by atoms with van der Waals surface area (Å²) in [6.07, 6.45) is 0.621. The van der Waals surface area contributed by atoms with Crippen molar-refractivity contribution in [1.29, 1.82) is 0 Å². The number of aromatic nitrogens is 3. The van der Waals surface area contributed by atoms with E-state index in [4.69, 9.17) is 5.73 Å². The van der Waals surface area contributed by atoms with Crippen molar-refractivity contribution in [3.63, 3.8) is 0 Å². The fourth-order valence-corrected chi connectivity index (χ4v) is 4.51. The second-order valence-corrected chi connectivity index (χ2v) is 9.66. The number of hydrogen-bond acceptors (Lipinski definition) is 5. The summed E-state index contributed by atoms with van der Waals surface area (Å²) in [5, 5.41) is 11.9. The maximum atomic E-state index is 13.5. The molecular weight excluding hydrogens is 434 g/mol. The number of thioether (sulfide) groups is 1. The average molecular weight is 466 g/mol. The monoisotopic (exact) mass is 465 g/mol. The molecule has 8 heteroatoms. The molecule has 3 rings (SSSR count). The Hall–Kier alpha value is -3.13. The number of hydrogen-bond donors (Lipinski definition) is 2. The van der Waals surface area contributed by atoms with Gasteiger partial charge in [0.25, 0.3) is 0 Å². The molecule has 0 radical (unpaired) electrons. The molecule has 0 fully saturated rings. The fourth-order valence-electron chi connectivity index (χ4n) is 3.45. The highest BCUT2D eigenvalue weighted by Crippen LogP contribution is 2.36. The molecule has 0 aliphatic carbocycles. The van der Waals surface area contributed by atoms with Crippen LogP contribution in [0.2, 0.25) is 0 Å². The minimum atomic E-state index is -0.523. The van der Waals surface area contributed by atoms with Gasteiger partial charge in [0.15, 0.2) is 5.16 Å². The van der Waals surface area contributed by atoms with E-state index in [1.165, 1.54) is 11.8 Å². The van der Waals surface area contributed by atoms with Crippen LogP contribution in [-0.2, 0) is 22.6 Å². The van der Waals surface area contributed by atoms with E-state index in [1.54, 1.807) is 0 Å². The summed E-state index contributed by atoms with van der Waals surface area (Å²) in [6, 6.07) is 15.7. The number of nitrogens with two attached hydrogens (primary N) is 1. The number of carbonyl (C=O) groups is 2. The van der Waals surface area contributed by atoms with Crippen molar-refractivity contribution in [3.05, 3.63) is 71.0 Å². The lowest BCUT2D eigenvalue weighted by molar-refractivity contribution is -0.118. The highest BCUT2D eigenvalue weighted by molar-refractivity contribution is 8.00. The van der Waals surface area contributed by atoms with Crippen molar-refractivity contribution in [2.24, 2.45) is 11.7 Å². The Kier molecular flexibility index (Phi) is 8.27. The molecule has 0 saturated heterocycles. The third-order valence-corrected chi connectivity index (χ3v) is 6.39. The second-order valence-electron chi connectivity index (χ2n) is 8.59. The molecule has 0 spiro atoms. The molecule has 1 heterocycles. The lowest BCUT2D eigenvalue weighted by Crippen LogP contribution is -2.20. The van der Waals surface area contributed by atoms with Gasteiger partial charge in [-0.1, -0.05) is 68.1 Å². The molecule has 1 aromatic heterocycles. The summed E-state index contributed by atoms with van der Waals surface area (Å²) < 4.78 is 2.00. The van der Waals surface area contributed by atoms with E-state index in [1.807, 2.05) is 66.9 Å². The van der Waals surface area contributed by atoms with Crippen LogP contribution >= 0.6 is 11.8 Å². The van der Waals surface area contributed by atoms with Gasteiger partial charge in [-0.3, -0.25) is 9.59 Å². The van der Waals surface area contributed by atoms with Crippen LogP contribution in [0.4, 0.5) is 5.69 Å². The molecule has 2 amide bonds. The van der Waals surface area contributed by atoms with Crippen molar-refractivity contribution >= 4 is 29.3 Å². The lowest BCUT2D eigenvalue weighted by Gasteiger charge is -2.19. The number of benzene rings is 2. The van der Waals surface area contributed by atoms with Crippen molar-refractivity contribution in [1.82, 2.24) is 14.8 Å². The number of amides is 2. The number of rotatable bonds is 10. The van der Waals surface area contributed by atoms with Gasteiger partial charge in [-0.15, -0.1) is 10.2 Å². The van der Waals surface area contributed by atoms with E-state index < -0.39 is 5.25 Å². The maximum Gasteiger partial charge on any atom is 0.242 e. The Morgan fingerprint density at radius 1 is 1.09 bits per heavy atom. The number of nitrogens with zero attached hydrogens (tertiary/aromatic N) is 3. The van der Waals surface area contributed by atoms with Gasteiger partial charge in [-0.05, 0) is 42.5 Å². The Morgan fingerprint density at radius 3 is 2.48 bits per heavy atom. The largest absolute Gasteiger partial charge is 0.370 e. The van der Waals surface area contributed by atoms with E-state index in [-0.39, 0.29) is 18.2 Å². The zero-order valence-electron chi connectivity index (χ0n) is 19.5. The molecule has 0 unspecified atom stereocenters. The smallest absolute Gasteiger partial charge is 0.242 e. The van der Waals surface area contributed by atoms with Crippen LogP contribution in [0, 0.1) is 19.8 Å². The molecule has 2 aromatic carbocycles. The standard InChI is InChI=1S/C25H31N5O2S/c1-16(2)15-30-22(13-12-21(26)31)28-29-25(30)33-23(19-8-6-5-7-9-19)24(32)27-20-14-17(3)10-11-18(20)4/h5-11,14,16,23H,12-13,15H2,1-4H3,(H2,26,31)(H,27,32)/t23-/m1/s1. The van der Waals surface area contributed by atoms with Gasteiger partial charge in [0.1, 0.15) is 11.1 Å². The molecule has 0 bridgehead atoms. The van der Waals surface area contributed by atoms with E-state index in [9.17, 15) is 9.59 Å². The molecular formula is C25H31N5O2S. The number of nitrogens with one attached hydrogen (secondary N) is 1. The van der Waals surface area contributed by atoms with E-state index in [2.05, 4.69) is 29.4 Å². The topological polar surface area (TPSA) is 103 Å². The van der Waals surface area contributed by atoms with Gasteiger partial charge in [0, 0.05) is 25.1 Å². The number of carbonyl (C=O) groups excluding carboxylic acids is 2. The molecule has 0 aliphatic rings. The zero-order chi connectivity index (χ0) is 24.0. The first-order valence-corrected chi connectivity index (χ1v) is 11.9. The Labute approximate surface area is 199 Å². The number of primary amides is 1. The zero-order valence-corrected chi connectivity index (χ0v) is 20.4. The fraction of sp³-hybridized carbons (Fsp3) is 0.360. The van der Waals surface area contributed by atoms with Gasteiger partial charge in [0.2, 0.25) is 11.8 Å². The third-order valence-electron chi connectivity index (χ3n) is 5.15. The van der Waals surface area contributed by atoms with Crippen LogP contribution in [0.3, 0.4) is 0 Å². The quantitative estimate of drug-likeness (QED) is 0.431. The van der Waals surface area contributed by atoms with Crippen LogP contribution in [0.15, 0.2) is 53.7 Å². The number of aryl methyl sites for hydroxylation is 3. The van der Waals surface area contributed by atoms with Gasteiger partial charge >= 0.3 is 0 Å². The van der Waals surface area contributed by atoms with Crippen molar-refractivity contribution < 1.29 is 9.59 Å². The minimum absolute atomic E-state index is 0.127. The Bertz CT molecular complexity index is 1110. The van der Waals surface area contributed by atoms with Crippen LogP contribution in [0.5, 0.6) is 0 Å². The highest BCUT2D eigenvalue weighted by atomic mass is 32.2.